The topological polar surface area (TPSA) is 57.8 Å². The number of nitrogens with one attached hydrogen (secondary N) is 2. The van der Waals surface area contributed by atoms with Gasteiger partial charge >= 0.3 is 0 Å². The molecule has 13 heavy (non-hydrogen) atoms. The second-order valence-corrected chi connectivity index (χ2v) is 2.43. The fourth-order valence-corrected chi connectivity index (χ4v) is 0.781. The molecular formula is C7H9F2N3O. The average Bonchev–Trinajstić information content (AvgIpc) is 2.08. The first kappa shape index (κ1) is 9.79. The maximum atomic E-state index is 11.7. The zero-order chi connectivity index (χ0) is 9.68. The quantitative estimate of drug-likeness (QED) is 0.707. The maximum Gasteiger partial charge on any atom is 0.264 e. The van der Waals surface area contributed by atoms with E-state index in [1.807, 2.05) is 0 Å². The van der Waals surface area contributed by atoms with Crippen molar-refractivity contribution in [1.29, 1.82) is 0 Å². The molecule has 0 aliphatic carbocycles. The van der Waals surface area contributed by atoms with Gasteiger partial charge in [-0.3, -0.25) is 4.79 Å². The minimum atomic E-state index is -2.37. The van der Waals surface area contributed by atoms with E-state index in [4.69, 9.17) is 0 Å². The van der Waals surface area contributed by atoms with Gasteiger partial charge in [-0.1, -0.05) is 0 Å². The van der Waals surface area contributed by atoms with Crippen LogP contribution in [0.1, 0.15) is 5.69 Å². The molecular weight excluding hydrogens is 180 g/mol. The minimum absolute atomic E-state index is 0.223. The molecule has 2 N–H and O–H groups in total. The van der Waals surface area contributed by atoms with Crippen LogP contribution in [-0.4, -0.2) is 23.2 Å². The van der Waals surface area contributed by atoms with Crippen molar-refractivity contribution in [3.8, 4) is 0 Å². The number of aromatic amines is 1. The van der Waals surface area contributed by atoms with Crippen molar-refractivity contribution in [3.05, 3.63) is 28.2 Å². The molecule has 0 saturated carbocycles. The molecule has 1 aromatic heterocycles. The standard InChI is InChI=1S/C7H9F2N3O/c8-6(9)4-10-3-5-1-2-7(13)12-11-5/h1-2,6,10H,3-4H2,(H,12,13). The predicted octanol–water partition coefficient (Wildman–Crippen LogP) is 0.125. The van der Waals surface area contributed by atoms with E-state index in [-0.39, 0.29) is 18.6 Å². The van der Waals surface area contributed by atoms with E-state index in [0.29, 0.717) is 5.69 Å². The third kappa shape index (κ3) is 3.75. The lowest BCUT2D eigenvalue weighted by Gasteiger charge is -2.01. The number of hydrogen-bond acceptors (Lipinski definition) is 3. The van der Waals surface area contributed by atoms with E-state index in [1.54, 1.807) is 0 Å². The molecule has 0 aliphatic rings. The van der Waals surface area contributed by atoms with Crippen LogP contribution < -0.4 is 10.9 Å². The highest BCUT2D eigenvalue weighted by Crippen LogP contribution is 1.91. The number of alkyl halides is 2. The molecule has 0 amide bonds. The van der Waals surface area contributed by atoms with E-state index in [9.17, 15) is 13.6 Å². The number of rotatable bonds is 4. The van der Waals surface area contributed by atoms with E-state index in [2.05, 4.69) is 15.5 Å². The van der Waals surface area contributed by atoms with Crippen LogP contribution in [0.3, 0.4) is 0 Å². The Bertz CT molecular complexity index is 292. The highest BCUT2D eigenvalue weighted by atomic mass is 19.3. The van der Waals surface area contributed by atoms with Gasteiger partial charge in [-0.2, -0.15) is 5.10 Å². The van der Waals surface area contributed by atoms with Gasteiger partial charge in [-0.15, -0.1) is 0 Å². The van der Waals surface area contributed by atoms with Gasteiger partial charge in [0.2, 0.25) is 0 Å². The van der Waals surface area contributed by atoms with Crippen molar-refractivity contribution >= 4 is 0 Å². The highest BCUT2D eigenvalue weighted by Gasteiger charge is 2.01. The Hall–Kier alpha value is -1.30. The van der Waals surface area contributed by atoms with Crippen molar-refractivity contribution in [2.45, 2.75) is 13.0 Å². The molecule has 0 aliphatic heterocycles. The lowest BCUT2D eigenvalue weighted by molar-refractivity contribution is 0.145. The van der Waals surface area contributed by atoms with Gasteiger partial charge < -0.3 is 5.32 Å². The Morgan fingerprint density at radius 2 is 2.31 bits per heavy atom. The van der Waals surface area contributed by atoms with Gasteiger partial charge in [0.15, 0.2) is 0 Å². The molecule has 0 fully saturated rings. The first-order valence-electron chi connectivity index (χ1n) is 3.72. The molecule has 72 valence electrons. The van der Waals surface area contributed by atoms with Crippen LogP contribution in [0.25, 0.3) is 0 Å². The van der Waals surface area contributed by atoms with Crippen LogP contribution >= 0.6 is 0 Å². The third-order valence-corrected chi connectivity index (χ3v) is 1.34. The Morgan fingerprint density at radius 1 is 1.54 bits per heavy atom. The monoisotopic (exact) mass is 189 g/mol. The normalized spacial score (nSPS) is 10.7. The summed E-state index contributed by atoms with van der Waals surface area (Å²) in [5.74, 6) is 0. The number of H-pyrrole nitrogens is 1. The Balaban J connectivity index is 2.37. The lowest BCUT2D eigenvalue weighted by atomic mass is 10.4. The van der Waals surface area contributed by atoms with E-state index in [1.165, 1.54) is 12.1 Å². The second kappa shape index (κ2) is 4.66. The molecule has 1 rings (SSSR count). The smallest absolute Gasteiger partial charge is 0.264 e. The molecule has 0 saturated heterocycles. The fourth-order valence-electron chi connectivity index (χ4n) is 0.781. The number of halogens is 2. The summed E-state index contributed by atoms with van der Waals surface area (Å²) in [5.41, 5.74) is 0.220. The van der Waals surface area contributed by atoms with E-state index < -0.39 is 6.43 Å². The predicted molar refractivity (Wildman–Crippen MR) is 42.6 cm³/mol. The molecule has 1 heterocycles. The molecule has 0 bridgehead atoms. The van der Waals surface area contributed by atoms with Crippen LogP contribution in [0.15, 0.2) is 16.9 Å². The van der Waals surface area contributed by atoms with Gasteiger partial charge in [-0.05, 0) is 6.07 Å². The summed E-state index contributed by atoms with van der Waals surface area (Å²) in [6, 6.07) is 2.78. The van der Waals surface area contributed by atoms with Crippen LogP contribution in [0, 0.1) is 0 Å². The molecule has 6 heteroatoms. The average molecular weight is 189 g/mol. The van der Waals surface area contributed by atoms with Crippen molar-refractivity contribution in [2.24, 2.45) is 0 Å². The van der Waals surface area contributed by atoms with E-state index >= 15 is 0 Å². The minimum Gasteiger partial charge on any atom is -0.306 e. The fraction of sp³-hybridized carbons (Fsp3) is 0.429. The van der Waals surface area contributed by atoms with Crippen LogP contribution in [0.5, 0.6) is 0 Å². The lowest BCUT2D eigenvalue weighted by Crippen LogP contribution is -2.22. The molecule has 4 nitrogen and oxygen atoms in total. The van der Waals surface area contributed by atoms with Crippen LogP contribution in [0.4, 0.5) is 8.78 Å². The summed E-state index contributed by atoms with van der Waals surface area (Å²) in [6.45, 7) is -0.151. The SMILES string of the molecule is O=c1ccc(CNCC(F)F)n[nH]1. The maximum absolute atomic E-state index is 11.7. The molecule has 0 radical (unpaired) electrons. The van der Waals surface area contributed by atoms with Crippen molar-refractivity contribution < 1.29 is 8.78 Å². The first-order chi connectivity index (χ1) is 6.18. The zero-order valence-electron chi connectivity index (χ0n) is 6.76. The van der Waals surface area contributed by atoms with Gasteiger partial charge in [0, 0.05) is 12.6 Å². The van der Waals surface area contributed by atoms with Gasteiger partial charge in [-0.25, -0.2) is 13.9 Å². The summed E-state index contributed by atoms with van der Waals surface area (Å²) in [4.78, 5) is 10.5. The van der Waals surface area contributed by atoms with Crippen LogP contribution in [-0.2, 0) is 6.54 Å². The van der Waals surface area contributed by atoms with Crippen LogP contribution in [0.2, 0.25) is 0 Å². The Labute approximate surface area is 73.0 Å². The Morgan fingerprint density at radius 3 is 2.85 bits per heavy atom. The van der Waals surface area contributed by atoms with Crippen molar-refractivity contribution in [3.63, 3.8) is 0 Å². The number of aromatic nitrogens is 2. The number of nitrogens with zero attached hydrogens (tertiary/aromatic N) is 1. The first-order valence-corrected chi connectivity index (χ1v) is 3.72. The Kier molecular flexibility index (Phi) is 3.51. The highest BCUT2D eigenvalue weighted by molar-refractivity contribution is 4.98. The van der Waals surface area contributed by atoms with Crippen molar-refractivity contribution in [2.75, 3.05) is 6.54 Å². The van der Waals surface area contributed by atoms with Gasteiger partial charge in [0.05, 0.1) is 12.2 Å². The molecule has 0 aromatic carbocycles. The van der Waals surface area contributed by atoms with Gasteiger partial charge in [0.1, 0.15) is 0 Å². The second-order valence-electron chi connectivity index (χ2n) is 2.43. The summed E-state index contributed by atoms with van der Waals surface area (Å²) < 4.78 is 23.3. The number of hydrogen-bond donors (Lipinski definition) is 2. The molecule has 0 spiro atoms. The third-order valence-electron chi connectivity index (χ3n) is 1.34. The largest absolute Gasteiger partial charge is 0.306 e. The zero-order valence-corrected chi connectivity index (χ0v) is 6.76. The summed E-state index contributed by atoms with van der Waals surface area (Å²) in [5, 5.41) is 8.32. The summed E-state index contributed by atoms with van der Waals surface area (Å²) in [7, 11) is 0. The summed E-state index contributed by atoms with van der Waals surface area (Å²) >= 11 is 0. The molecule has 0 atom stereocenters. The molecule has 0 unspecified atom stereocenters. The van der Waals surface area contributed by atoms with Crippen molar-refractivity contribution in [1.82, 2.24) is 15.5 Å². The summed E-state index contributed by atoms with van der Waals surface area (Å²) in [6.07, 6.45) is -2.37. The molecule has 1 aromatic rings. The van der Waals surface area contributed by atoms with Gasteiger partial charge in [0.25, 0.3) is 12.0 Å². The van der Waals surface area contributed by atoms with E-state index in [0.717, 1.165) is 0 Å².